The molecule has 2 saturated heterocycles. The van der Waals surface area contributed by atoms with Crippen LogP contribution in [0.2, 0.25) is 0 Å². The van der Waals surface area contributed by atoms with E-state index in [0.717, 1.165) is 77.0 Å². The SMILES string of the molecule is CCc1nc2c(cnn2CC)c(NC2CCOCC2)c1CN(Cc1cccc(-c2cccc(CC3CCNCC3)c2)c1)C(=O)c1cccc(C(N)=O)n1. The van der Waals surface area contributed by atoms with Crippen molar-refractivity contribution in [2.45, 2.75) is 78.0 Å². The maximum Gasteiger partial charge on any atom is 0.273 e. The molecule has 0 bridgehead atoms. The molecule has 0 spiro atoms. The summed E-state index contributed by atoms with van der Waals surface area (Å²) in [7, 11) is 0. The molecule has 5 aromatic rings. The molecule has 2 fully saturated rings. The fraction of sp³-hybridized carbons (Fsp3) is 0.405. The van der Waals surface area contributed by atoms with Crippen molar-refractivity contribution >= 4 is 28.5 Å². The number of amides is 2. The molecule has 5 heterocycles. The average molecular weight is 715 g/mol. The van der Waals surface area contributed by atoms with Crippen LogP contribution >= 0.6 is 0 Å². The van der Waals surface area contributed by atoms with Crippen molar-refractivity contribution < 1.29 is 14.3 Å². The van der Waals surface area contributed by atoms with E-state index in [0.29, 0.717) is 38.6 Å². The van der Waals surface area contributed by atoms with Gasteiger partial charge in [0.05, 0.1) is 23.8 Å². The zero-order valence-corrected chi connectivity index (χ0v) is 30.8. The Morgan fingerprint density at radius 1 is 0.906 bits per heavy atom. The number of fused-ring (bicyclic) bond motifs is 1. The number of rotatable bonds is 13. The number of aryl methyl sites for hydroxylation is 2. The molecule has 53 heavy (non-hydrogen) atoms. The van der Waals surface area contributed by atoms with Crippen molar-refractivity contribution in [1.82, 2.24) is 30.0 Å². The Morgan fingerprint density at radius 2 is 1.60 bits per heavy atom. The monoisotopic (exact) mass is 714 g/mol. The predicted octanol–water partition coefficient (Wildman–Crippen LogP) is 6.15. The van der Waals surface area contributed by atoms with Crippen LogP contribution in [0.15, 0.2) is 72.9 Å². The van der Waals surface area contributed by atoms with Gasteiger partial charge in [0.1, 0.15) is 11.4 Å². The third kappa shape index (κ3) is 8.42. The Balaban J connectivity index is 1.26. The van der Waals surface area contributed by atoms with Crippen molar-refractivity contribution in [2.24, 2.45) is 11.7 Å². The van der Waals surface area contributed by atoms with E-state index >= 15 is 0 Å². The third-order valence-corrected chi connectivity index (χ3v) is 10.6. The summed E-state index contributed by atoms with van der Waals surface area (Å²) in [5, 5.41) is 12.9. The minimum absolute atomic E-state index is 0.0494. The van der Waals surface area contributed by atoms with Gasteiger partial charge < -0.3 is 26.0 Å². The number of primary amides is 1. The van der Waals surface area contributed by atoms with E-state index in [-0.39, 0.29) is 29.9 Å². The minimum Gasteiger partial charge on any atom is -0.381 e. The second-order valence-corrected chi connectivity index (χ2v) is 14.2. The number of carbonyl (C=O) groups excluding carboxylic acids is 2. The molecule has 2 aromatic carbocycles. The molecule has 3 aromatic heterocycles. The van der Waals surface area contributed by atoms with Crippen LogP contribution in [0.5, 0.6) is 0 Å². The summed E-state index contributed by atoms with van der Waals surface area (Å²) in [5.41, 5.74) is 14.0. The van der Waals surface area contributed by atoms with Gasteiger partial charge in [-0.1, -0.05) is 55.5 Å². The van der Waals surface area contributed by atoms with E-state index in [1.165, 1.54) is 24.5 Å². The molecule has 0 radical (unpaired) electrons. The molecular weight excluding hydrogens is 665 g/mol. The number of aromatic nitrogens is 4. The Kier molecular flexibility index (Phi) is 11.4. The number of hydrogen-bond acceptors (Lipinski definition) is 8. The molecule has 11 heteroatoms. The summed E-state index contributed by atoms with van der Waals surface area (Å²) in [5.74, 6) is -0.283. The van der Waals surface area contributed by atoms with Crippen LogP contribution in [0, 0.1) is 5.92 Å². The van der Waals surface area contributed by atoms with E-state index in [9.17, 15) is 9.59 Å². The highest BCUT2D eigenvalue weighted by atomic mass is 16.5. The highest BCUT2D eigenvalue weighted by Gasteiger charge is 2.26. The van der Waals surface area contributed by atoms with Gasteiger partial charge in [-0.05, 0) is 105 Å². The summed E-state index contributed by atoms with van der Waals surface area (Å²) in [6.45, 7) is 8.99. The van der Waals surface area contributed by atoms with Crippen LogP contribution in [-0.4, -0.2) is 68.8 Å². The van der Waals surface area contributed by atoms with Crippen molar-refractivity contribution in [1.29, 1.82) is 0 Å². The molecule has 276 valence electrons. The van der Waals surface area contributed by atoms with Crippen molar-refractivity contribution in [2.75, 3.05) is 31.6 Å². The zero-order chi connectivity index (χ0) is 36.7. The largest absolute Gasteiger partial charge is 0.381 e. The van der Waals surface area contributed by atoms with Crippen LogP contribution in [0.3, 0.4) is 0 Å². The minimum atomic E-state index is -0.680. The van der Waals surface area contributed by atoms with Crippen LogP contribution < -0.4 is 16.4 Å². The van der Waals surface area contributed by atoms with Gasteiger partial charge in [-0.3, -0.25) is 9.59 Å². The number of nitrogens with one attached hydrogen (secondary N) is 2. The number of nitrogens with zero attached hydrogens (tertiary/aromatic N) is 5. The molecule has 0 aliphatic carbocycles. The molecule has 4 N–H and O–H groups in total. The number of hydrogen-bond donors (Lipinski definition) is 3. The van der Waals surface area contributed by atoms with Gasteiger partial charge in [0.2, 0.25) is 0 Å². The van der Waals surface area contributed by atoms with Gasteiger partial charge in [0, 0.05) is 43.6 Å². The van der Waals surface area contributed by atoms with Crippen molar-refractivity contribution in [3.63, 3.8) is 0 Å². The van der Waals surface area contributed by atoms with Gasteiger partial charge in [-0.25, -0.2) is 14.6 Å². The standard InChI is InChI=1S/C42H50N8O3/c1-3-36-35(39(46-33-16-20-53-21-17-33)34-25-45-50(4-2)41(34)48-36)27-49(42(52)38-13-7-12-37(47-38)40(43)51)26-30-9-6-11-32(24-30)31-10-5-8-29(23-31)22-28-14-18-44-19-15-28/h5-13,23-25,28,33,44H,3-4,14-22,26-27H2,1-2H3,(H2,43,51)(H,46,48). The van der Waals surface area contributed by atoms with E-state index in [4.69, 9.17) is 15.5 Å². The van der Waals surface area contributed by atoms with Gasteiger partial charge in [-0.15, -0.1) is 0 Å². The summed E-state index contributed by atoms with van der Waals surface area (Å²) in [6.07, 6.45) is 7.79. The maximum absolute atomic E-state index is 14.6. The van der Waals surface area contributed by atoms with Crippen LogP contribution in [0.1, 0.15) is 82.9 Å². The molecule has 2 aliphatic heterocycles. The second kappa shape index (κ2) is 16.7. The highest BCUT2D eigenvalue weighted by Crippen LogP contribution is 2.33. The first kappa shape index (κ1) is 36.2. The highest BCUT2D eigenvalue weighted by molar-refractivity contribution is 5.96. The molecular formula is C42H50N8O3. The first-order valence-electron chi connectivity index (χ1n) is 19.1. The van der Waals surface area contributed by atoms with Gasteiger partial charge in [-0.2, -0.15) is 5.10 Å². The summed E-state index contributed by atoms with van der Waals surface area (Å²) >= 11 is 0. The number of ether oxygens (including phenoxy) is 1. The Hall–Kier alpha value is -5.13. The average Bonchev–Trinajstić information content (AvgIpc) is 3.62. The van der Waals surface area contributed by atoms with E-state index < -0.39 is 5.91 Å². The number of benzene rings is 2. The zero-order valence-electron chi connectivity index (χ0n) is 30.8. The fourth-order valence-electron chi connectivity index (χ4n) is 7.69. The maximum atomic E-state index is 14.6. The van der Waals surface area contributed by atoms with E-state index in [1.54, 1.807) is 17.0 Å². The molecule has 0 saturated carbocycles. The Labute approximate surface area is 311 Å². The molecule has 0 atom stereocenters. The quantitative estimate of drug-likeness (QED) is 0.132. The number of nitrogens with two attached hydrogens (primary N) is 1. The summed E-state index contributed by atoms with van der Waals surface area (Å²) in [6, 6.07) is 22.3. The first-order valence-corrected chi connectivity index (χ1v) is 19.1. The number of pyridine rings is 2. The van der Waals surface area contributed by atoms with E-state index in [1.807, 2.05) is 10.9 Å². The molecule has 7 rings (SSSR count). The Morgan fingerprint density at radius 3 is 2.32 bits per heavy atom. The lowest BCUT2D eigenvalue weighted by molar-refractivity contribution is 0.0723. The summed E-state index contributed by atoms with van der Waals surface area (Å²) in [4.78, 5) is 38.0. The van der Waals surface area contributed by atoms with Crippen molar-refractivity contribution in [3.8, 4) is 11.1 Å². The first-order chi connectivity index (χ1) is 25.9. The van der Waals surface area contributed by atoms with Crippen LogP contribution in [0.4, 0.5) is 5.69 Å². The number of anilines is 1. The fourth-order valence-corrected chi connectivity index (χ4v) is 7.69. The molecule has 11 nitrogen and oxygen atoms in total. The van der Waals surface area contributed by atoms with Crippen LogP contribution in [-0.2, 0) is 37.2 Å². The normalized spacial score (nSPS) is 15.4. The summed E-state index contributed by atoms with van der Waals surface area (Å²) < 4.78 is 7.60. The second-order valence-electron chi connectivity index (χ2n) is 14.2. The lowest BCUT2D eigenvalue weighted by Gasteiger charge is -2.29. The van der Waals surface area contributed by atoms with Gasteiger partial charge in [0.15, 0.2) is 5.65 Å². The molecule has 2 amide bonds. The Bertz CT molecular complexity index is 2070. The third-order valence-electron chi connectivity index (χ3n) is 10.6. The predicted molar refractivity (Wildman–Crippen MR) is 208 cm³/mol. The van der Waals surface area contributed by atoms with Gasteiger partial charge >= 0.3 is 0 Å². The topological polar surface area (TPSA) is 140 Å². The lowest BCUT2D eigenvalue weighted by atomic mass is 9.90. The van der Waals surface area contributed by atoms with Crippen LogP contribution in [0.25, 0.3) is 22.2 Å². The molecule has 0 unspecified atom stereocenters. The van der Waals surface area contributed by atoms with E-state index in [2.05, 4.69) is 83.1 Å². The van der Waals surface area contributed by atoms with Gasteiger partial charge in [0.25, 0.3) is 11.8 Å². The lowest BCUT2D eigenvalue weighted by Crippen LogP contribution is -2.33. The van der Waals surface area contributed by atoms with Crippen molar-refractivity contribution in [3.05, 3.63) is 107 Å². The molecule has 2 aliphatic rings. The number of piperidine rings is 1. The smallest absolute Gasteiger partial charge is 0.273 e. The number of carbonyl (C=O) groups is 2.